The van der Waals surface area contributed by atoms with Gasteiger partial charge in [0.05, 0.1) is 17.5 Å². The maximum Gasteiger partial charge on any atom is 0.253 e. The van der Waals surface area contributed by atoms with Gasteiger partial charge >= 0.3 is 0 Å². The smallest absolute Gasteiger partial charge is 0.253 e. The van der Waals surface area contributed by atoms with Gasteiger partial charge in [0.2, 0.25) is 11.9 Å². The predicted octanol–water partition coefficient (Wildman–Crippen LogP) is 4.81. The number of carbonyl (C=O) groups excluding carboxylic acids is 2. The first-order valence-corrected chi connectivity index (χ1v) is 12.2. The number of anilines is 1. The van der Waals surface area contributed by atoms with Crippen molar-refractivity contribution >= 4 is 34.3 Å². The number of amides is 2. The second-order valence-electron chi connectivity index (χ2n) is 9.64. The minimum Gasteiger partial charge on any atom is -0.350 e. The van der Waals surface area contributed by atoms with Crippen molar-refractivity contribution in [3.63, 3.8) is 0 Å². The molecule has 0 bridgehead atoms. The number of carbonyl (C=O) groups is 2. The van der Waals surface area contributed by atoms with Crippen LogP contribution in [0.5, 0.6) is 0 Å². The lowest BCUT2D eigenvalue weighted by molar-refractivity contribution is -0.117. The highest BCUT2D eigenvalue weighted by Gasteiger charge is 2.44. The molecule has 192 valence electrons. The van der Waals surface area contributed by atoms with Crippen LogP contribution in [0.25, 0.3) is 27.7 Å². The molecule has 0 saturated heterocycles. The normalized spacial score (nSPS) is 17.5. The summed E-state index contributed by atoms with van der Waals surface area (Å²) in [5.41, 5.74) is 4.30. The quantitative estimate of drug-likeness (QED) is 0.340. The Morgan fingerprint density at radius 2 is 1.89 bits per heavy atom. The number of nitrogens with one attached hydrogen (secondary N) is 2. The van der Waals surface area contributed by atoms with E-state index in [4.69, 9.17) is 0 Å². The molecule has 3 aromatic heterocycles. The highest BCUT2D eigenvalue weighted by Crippen LogP contribution is 2.34. The number of rotatable bonds is 6. The fourth-order valence-corrected chi connectivity index (χ4v) is 4.64. The fourth-order valence-electron chi connectivity index (χ4n) is 4.64. The van der Waals surface area contributed by atoms with Crippen LogP contribution in [-0.2, 0) is 11.8 Å². The van der Waals surface area contributed by atoms with Crippen LogP contribution < -0.4 is 10.6 Å². The Labute approximate surface area is 216 Å². The van der Waals surface area contributed by atoms with Crippen molar-refractivity contribution in [3.05, 3.63) is 83.9 Å². The third-order valence-electron chi connectivity index (χ3n) is 6.89. The van der Waals surface area contributed by atoms with Gasteiger partial charge in [-0.15, -0.1) is 5.10 Å². The predicted molar refractivity (Wildman–Crippen MR) is 139 cm³/mol. The van der Waals surface area contributed by atoms with Gasteiger partial charge in [-0.1, -0.05) is 18.2 Å². The lowest BCUT2D eigenvalue weighted by Crippen LogP contribution is -2.26. The van der Waals surface area contributed by atoms with E-state index in [0.717, 1.165) is 22.0 Å². The Kier molecular flexibility index (Phi) is 5.67. The molecular formula is C28H24F2N6O2. The molecule has 3 unspecified atom stereocenters. The van der Waals surface area contributed by atoms with Crippen molar-refractivity contribution < 1.29 is 18.4 Å². The third-order valence-corrected chi connectivity index (χ3v) is 6.89. The van der Waals surface area contributed by atoms with Gasteiger partial charge in [0, 0.05) is 30.3 Å². The number of aromatic nitrogens is 4. The number of benzene rings is 2. The fraction of sp³-hybridized carbons (Fsp3) is 0.214. The number of hydrogen-bond donors (Lipinski definition) is 2. The molecule has 1 fully saturated rings. The average Bonchev–Trinajstić information content (AvgIpc) is 3.35. The second-order valence-corrected chi connectivity index (χ2v) is 9.64. The van der Waals surface area contributed by atoms with E-state index in [0.29, 0.717) is 16.8 Å². The maximum atomic E-state index is 13.7. The van der Waals surface area contributed by atoms with Crippen molar-refractivity contribution in [3.8, 4) is 11.1 Å². The molecule has 8 nitrogen and oxygen atoms in total. The zero-order valence-corrected chi connectivity index (χ0v) is 20.7. The van der Waals surface area contributed by atoms with Crippen molar-refractivity contribution in [1.29, 1.82) is 0 Å². The summed E-state index contributed by atoms with van der Waals surface area (Å²) < 4.78 is 30.2. The van der Waals surface area contributed by atoms with Crippen LogP contribution in [-0.4, -0.2) is 37.2 Å². The average molecular weight is 515 g/mol. The summed E-state index contributed by atoms with van der Waals surface area (Å²) in [4.78, 5) is 29.6. The topological polar surface area (TPSA) is 93.3 Å². The highest BCUT2D eigenvalue weighted by molar-refractivity contribution is 6.08. The molecule has 5 aromatic rings. The summed E-state index contributed by atoms with van der Waals surface area (Å²) in [7, 11) is 1.87. The van der Waals surface area contributed by atoms with Gasteiger partial charge < -0.3 is 9.88 Å². The van der Waals surface area contributed by atoms with E-state index in [1.54, 1.807) is 24.5 Å². The number of fused-ring (bicyclic) bond motifs is 2. The molecule has 0 aliphatic heterocycles. The van der Waals surface area contributed by atoms with Crippen LogP contribution in [0.4, 0.5) is 14.7 Å². The van der Waals surface area contributed by atoms with E-state index in [1.807, 2.05) is 48.9 Å². The van der Waals surface area contributed by atoms with Crippen molar-refractivity contribution in [1.82, 2.24) is 24.5 Å². The number of aryl methyl sites for hydroxylation is 1. The Bertz CT molecular complexity index is 1730. The van der Waals surface area contributed by atoms with Crippen LogP contribution in [0.1, 0.15) is 35.3 Å². The number of hydrogen-bond acceptors (Lipinski definition) is 4. The van der Waals surface area contributed by atoms with Gasteiger partial charge in [-0.2, -0.15) is 4.98 Å². The molecule has 6 rings (SSSR count). The van der Waals surface area contributed by atoms with Crippen molar-refractivity contribution in [2.45, 2.75) is 25.6 Å². The second kappa shape index (κ2) is 9.05. The Morgan fingerprint density at radius 1 is 1.11 bits per heavy atom. The van der Waals surface area contributed by atoms with Gasteiger partial charge in [-0.25, -0.2) is 13.3 Å². The van der Waals surface area contributed by atoms with Gasteiger partial charge in [0.1, 0.15) is 12.0 Å². The molecule has 38 heavy (non-hydrogen) atoms. The molecule has 3 heterocycles. The molecule has 2 amide bonds. The van der Waals surface area contributed by atoms with Crippen molar-refractivity contribution in [2.75, 3.05) is 5.32 Å². The minimum absolute atomic E-state index is 0.121. The Balaban J connectivity index is 1.28. The molecule has 1 aliphatic rings. The van der Waals surface area contributed by atoms with Gasteiger partial charge in [-0.3, -0.25) is 14.9 Å². The maximum absolute atomic E-state index is 13.7. The lowest BCUT2D eigenvalue weighted by Gasteiger charge is -2.14. The van der Waals surface area contributed by atoms with E-state index in [1.165, 1.54) is 16.6 Å². The van der Waals surface area contributed by atoms with Gasteiger partial charge in [0.25, 0.3) is 5.91 Å². The number of halogens is 2. The van der Waals surface area contributed by atoms with E-state index >= 15 is 0 Å². The van der Waals surface area contributed by atoms with E-state index in [2.05, 4.69) is 20.7 Å². The first-order valence-electron chi connectivity index (χ1n) is 12.2. The molecule has 0 spiro atoms. The van der Waals surface area contributed by atoms with E-state index in [9.17, 15) is 18.4 Å². The number of pyridine rings is 1. The summed E-state index contributed by atoms with van der Waals surface area (Å²) >= 11 is 0. The molecule has 10 heteroatoms. The van der Waals surface area contributed by atoms with E-state index < -0.39 is 18.0 Å². The first kappa shape index (κ1) is 23.8. The highest BCUT2D eigenvalue weighted by atomic mass is 19.1. The zero-order chi connectivity index (χ0) is 26.6. The monoisotopic (exact) mass is 514 g/mol. The van der Waals surface area contributed by atoms with Crippen LogP contribution in [0.15, 0.2) is 67.0 Å². The molecular weight excluding hydrogens is 490 g/mol. The molecule has 2 aromatic carbocycles. The standard InChI is InChI=1S/C28H24F2N6O2/c1-15(16-4-3-5-19(29)10-16)31-27(38)22-14-35(2)24-7-6-17(11-20(22)24)18-8-9-36-25(12-18)32-28(34-36)33-26(37)21-13-23(21)30/h3-12,14-15,21,23H,13H2,1-2H3,(H,31,38)(H,33,34,37). The molecule has 1 aliphatic carbocycles. The summed E-state index contributed by atoms with van der Waals surface area (Å²) in [6.45, 7) is 1.81. The largest absolute Gasteiger partial charge is 0.350 e. The van der Waals surface area contributed by atoms with Crippen LogP contribution in [0, 0.1) is 11.7 Å². The summed E-state index contributed by atoms with van der Waals surface area (Å²) in [6, 6.07) is 15.3. The lowest BCUT2D eigenvalue weighted by atomic mass is 10.0. The number of nitrogens with zero attached hydrogens (tertiary/aromatic N) is 4. The third kappa shape index (κ3) is 4.38. The summed E-state index contributed by atoms with van der Waals surface area (Å²) in [5, 5.41) is 10.5. The van der Waals surface area contributed by atoms with Crippen LogP contribution in [0.3, 0.4) is 0 Å². The minimum atomic E-state index is -1.09. The molecule has 3 atom stereocenters. The van der Waals surface area contributed by atoms with Gasteiger partial charge in [-0.05, 0) is 66.4 Å². The first-order chi connectivity index (χ1) is 18.3. The Morgan fingerprint density at radius 3 is 2.66 bits per heavy atom. The zero-order valence-electron chi connectivity index (χ0n) is 20.7. The van der Waals surface area contributed by atoms with Gasteiger partial charge in [0.15, 0.2) is 5.65 Å². The molecule has 1 saturated carbocycles. The van der Waals surface area contributed by atoms with Crippen molar-refractivity contribution in [2.24, 2.45) is 13.0 Å². The van der Waals surface area contributed by atoms with Crippen LogP contribution >= 0.6 is 0 Å². The summed E-state index contributed by atoms with van der Waals surface area (Å²) in [6.07, 6.45) is 2.64. The molecule has 2 N–H and O–H groups in total. The Hall–Kier alpha value is -4.60. The SMILES string of the molecule is CC(NC(=O)c1cn(C)c2ccc(-c3ccn4nc(NC(=O)C5CC5F)nc4c3)cc12)c1cccc(F)c1. The summed E-state index contributed by atoms with van der Waals surface area (Å²) in [5.74, 6) is -1.53. The van der Waals surface area contributed by atoms with Crippen LogP contribution in [0.2, 0.25) is 0 Å². The molecule has 0 radical (unpaired) electrons. The number of alkyl halides is 1. The van der Waals surface area contributed by atoms with E-state index in [-0.39, 0.29) is 30.1 Å².